The molecule has 1 unspecified atom stereocenters. The van der Waals surface area contributed by atoms with E-state index in [1.165, 1.54) is 0 Å². The van der Waals surface area contributed by atoms with Gasteiger partial charge >= 0.3 is 5.97 Å². The van der Waals surface area contributed by atoms with Crippen molar-refractivity contribution < 1.29 is 14.3 Å². The Morgan fingerprint density at radius 2 is 1.88 bits per heavy atom. The van der Waals surface area contributed by atoms with Crippen molar-refractivity contribution in [3.8, 4) is 0 Å². The molecule has 2 heterocycles. The Bertz CT molecular complexity index is 503. The number of rotatable bonds is 5. The molecule has 2 aliphatic heterocycles. The first-order valence-electron chi connectivity index (χ1n) is 9.65. The third kappa shape index (κ3) is 5.86. The van der Waals surface area contributed by atoms with E-state index < -0.39 is 0 Å². The average Bonchev–Trinajstić information content (AvgIpc) is 2.66. The number of aliphatic imine (C=N–C) groups is 1. The lowest BCUT2D eigenvalue weighted by Crippen LogP contribution is -2.52. The Labute approximate surface area is 156 Å². The lowest BCUT2D eigenvalue weighted by Gasteiger charge is -2.36. The zero-order valence-corrected chi connectivity index (χ0v) is 16.4. The molecule has 0 aromatic rings. The highest BCUT2D eigenvalue weighted by molar-refractivity contribution is 5.81. The van der Waals surface area contributed by atoms with Crippen LogP contribution >= 0.6 is 0 Å². The number of nitrogens with one attached hydrogen (secondary N) is 1. The number of guanidine groups is 1. The summed E-state index contributed by atoms with van der Waals surface area (Å²) in [4.78, 5) is 34.2. The Kier molecular flexibility index (Phi) is 8.15. The van der Waals surface area contributed by atoms with Crippen molar-refractivity contribution >= 4 is 17.8 Å². The number of carbonyl (C=O) groups is 2. The van der Waals surface area contributed by atoms with Crippen molar-refractivity contribution in [3.05, 3.63) is 0 Å². The second-order valence-electron chi connectivity index (χ2n) is 6.86. The number of amides is 1. The summed E-state index contributed by atoms with van der Waals surface area (Å²) >= 11 is 0. The van der Waals surface area contributed by atoms with Gasteiger partial charge in [0.1, 0.15) is 0 Å². The number of ether oxygens (including phenoxy) is 1. The number of hydrogen-bond donors (Lipinski definition) is 1. The molecule has 0 aromatic heterocycles. The molecule has 8 heteroatoms. The van der Waals surface area contributed by atoms with Gasteiger partial charge in [0, 0.05) is 66.3 Å². The summed E-state index contributed by atoms with van der Waals surface area (Å²) in [5.41, 5.74) is 0. The minimum absolute atomic E-state index is 0.0677. The second kappa shape index (κ2) is 10.4. The van der Waals surface area contributed by atoms with Crippen LogP contribution in [-0.4, -0.2) is 98.5 Å². The van der Waals surface area contributed by atoms with Crippen LogP contribution in [0.25, 0.3) is 0 Å². The summed E-state index contributed by atoms with van der Waals surface area (Å²) in [6.45, 7) is 10.6. The van der Waals surface area contributed by atoms with Crippen LogP contribution in [0.1, 0.15) is 26.7 Å². The smallest absolute Gasteiger partial charge is 0.310 e. The lowest BCUT2D eigenvalue weighted by atomic mass is 9.98. The van der Waals surface area contributed by atoms with Gasteiger partial charge in [-0.2, -0.15) is 0 Å². The van der Waals surface area contributed by atoms with Crippen molar-refractivity contribution in [2.75, 3.05) is 66.0 Å². The van der Waals surface area contributed by atoms with E-state index >= 15 is 0 Å². The normalized spacial score (nSPS) is 22.3. The van der Waals surface area contributed by atoms with E-state index in [0.29, 0.717) is 13.2 Å². The number of piperazine rings is 1. The van der Waals surface area contributed by atoms with Crippen molar-refractivity contribution in [2.24, 2.45) is 10.9 Å². The Hall–Kier alpha value is -1.83. The van der Waals surface area contributed by atoms with Crippen LogP contribution in [0.3, 0.4) is 0 Å². The molecule has 2 fully saturated rings. The number of carbonyl (C=O) groups excluding carboxylic acids is 2. The molecule has 1 N–H and O–H groups in total. The molecule has 0 radical (unpaired) electrons. The number of piperidine rings is 1. The molecule has 148 valence electrons. The van der Waals surface area contributed by atoms with Gasteiger partial charge in [0.15, 0.2) is 5.96 Å². The number of hydrogen-bond acceptors (Lipinski definition) is 5. The van der Waals surface area contributed by atoms with Gasteiger partial charge in [-0.15, -0.1) is 0 Å². The van der Waals surface area contributed by atoms with Crippen molar-refractivity contribution in [2.45, 2.75) is 26.7 Å². The van der Waals surface area contributed by atoms with Gasteiger partial charge in [0.25, 0.3) is 0 Å². The van der Waals surface area contributed by atoms with Crippen molar-refractivity contribution in [1.82, 2.24) is 20.0 Å². The first-order valence-corrected chi connectivity index (χ1v) is 9.65. The number of nitrogens with zero attached hydrogens (tertiary/aromatic N) is 4. The lowest BCUT2D eigenvalue weighted by molar-refractivity contribution is -0.149. The highest BCUT2D eigenvalue weighted by atomic mass is 16.5. The minimum atomic E-state index is -0.101. The molecule has 0 bridgehead atoms. The van der Waals surface area contributed by atoms with Gasteiger partial charge in [-0.1, -0.05) is 0 Å². The molecule has 0 spiro atoms. The Morgan fingerprint density at radius 3 is 2.50 bits per heavy atom. The third-order valence-electron chi connectivity index (χ3n) is 5.08. The fourth-order valence-corrected chi connectivity index (χ4v) is 3.57. The first-order chi connectivity index (χ1) is 12.5. The van der Waals surface area contributed by atoms with Crippen LogP contribution in [0.15, 0.2) is 4.99 Å². The molecule has 1 atom stereocenters. The molecule has 0 aliphatic carbocycles. The second-order valence-corrected chi connectivity index (χ2v) is 6.86. The summed E-state index contributed by atoms with van der Waals surface area (Å²) in [5, 5.41) is 3.41. The number of esters is 1. The van der Waals surface area contributed by atoms with E-state index in [-0.39, 0.29) is 17.8 Å². The van der Waals surface area contributed by atoms with Crippen LogP contribution in [-0.2, 0) is 14.3 Å². The van der Waals surface area contributed by atoms with Gasteiger partial charge in [-0.3, -0.25) is 19.5 Å². The summed E-state index contributed by atoms with van der Waals surface area (Å²) in [6.07, 6.45) is 1.85. The van der Waals surface area contributed by atoms with Crippen LogP contribution in [0.5, 0.6) is 0 Å². The van der Waals surface area contributed by atoms with Crippen molar-refractivity contribution in [1.29, 1.82) is 0 Å². The maximum absolute atomic E-state index is 12.0. The molecule has 2 saturated heterocycles. The highest BCUT2D eigenvalue weighted by Gasteiger charge is 2.28. The SMILES string of the molecule is CCOC(=O)C1CCCN(C(=NC)NCCN2CCN(C(C)=O)CC2)C1. The largest absolute Gasteiger partial charge is 0.466 e. The molecule has 0 aromatic carbocycles. The fraction of sp³-hybridized carbons (Fsp3) is 0.833. The summed E-state index contributed by atoms with van der Waals surface area (Å²) in [6, 6.07) is 0. The number of likely N-dealkylation sites (tertiary alicyclic amines) is 1. The zero-order valence-electron chi connectivity index (χ0n) is 16.4. The predicted molar refractivity (Wildman–Crippen MR) is 101 cm³/mol. The Morgan fingerprint density at radius 1 is 1.15 bits per heavy atom. The van der Waals surface area contributed by atoms with Gasteiger partial charge in [-0.25, -0.2) is 0 Å². The van der Waals surface area contributed by atoms with E-state index in [2.05, 4.69) is 20.1 Å². The first kappa shape index (κ1) is 20.5. The summed E-state index contributed by atoms with van der Waals surface area (Å²) in [5.74, 6) is 0.837. The molecule has 1 amide bonds. The van der Waals surface area contributed by atoms with Crippen molar-refractivity contribution in [3.63, 3.8) is 0 Å². The molecular weight excluding hydrogens is 334 g/mol. The third-order valence-corrected chi connectivity index (χ3v) is 5.08. The minimum Gasteiger partial charge on any atom is -0.466 e. The standard InChI is InChI=1S/C18H33N5O3/c1-4-26-17(25)16-6-5-8-23(14-16)18(19-3)20-7-9-21-10-12-22(13-11-21)15(2)24/h16H,4-14H2,1-3H3,(H,19,20). The monoisotopic (exact) mass is 367 g/mol. The fourth-order valence-electron chi connectivity index (χ4n) is 3.57. The van der Waals surface area contributed by atoms with Gasteiger partial charge < -0.3 is 19.9 Å². The maximum Gasteiger partial charge on any atom is 0.310 e. The van der Waals surface area contributed by atoms with Crippen LogP contribution in [0.4, 0.5) is 0 Å². The quantitative estimate of drug-likeness (QED) is 0.419. The maximum atomic E-state index is 12.0. The average molecular weight is 367 g/mol. The molecule has 2 rings (SSSR count). The van der Waals surface area contributed by atoms with Crippen LogP contribution in [0.2, 0.25) is 0 Å². The predicted octanol–water partition coefficient (Wildman–Crippen LogP) is 0.00100. The van der Waals surface area contributed by atoms with Crippen LogP contribution < -0.4 is 5.32 Å². The molecule has 2 aliphatic rings. The van der Waals surface area contributed by atoms with Crippen LogP contribution in [0, 0.1) is 5.92 Å². The topological polar surface area (TPSA) is 77.5 Å². The van der Waals surface area contributed by atoms with E-state index in [0.717, 1.165) is 64.6 Å². The molecule has 0 saturated carbocycles. The highest BCUT2D eigenvalue weighted by Crippen LogP contribution is 2.18. The molecule has 26 heavy (non-hydrogen) atoms. The summed E-state index contributed by atoms with van der Waals surface area (Å²) in [7, 11) is 1.78. The van der Waals surface area contributed by atoms with Gasteiger partial charge in [0.2, 0.25) is 5.91 Å². The van der Waals surface area contributed by atoms with E-state index in [1.807, 2.05) is 11.8 Å². The molecule has 8 nitrogen and oxygen atoms in total. The van der Waals surface area contributed by atoms with E-state index in [4.69, 9.17) is 4.74 Å². The van der Waals surface area contributed by atoms with Gasteiger partial charge in [0.05, 0.1) is 12.5 Å². The molecular formula is C18H33N5O3. The summed E-state index contributed by atoms with van der Waals surface area (Å²) < 4.78 is 5.17. The van der Waals surface area contributed by atoms with Gasteiger partial charge in [-0.05, 0) is 19.8 Å². The van der Waals surface area contributed by atoms with E-state index in [1.54, 1.807) is 14.0 Å². The Balaban J connectivity index is 1.74. The zero-order chi connectivity index (χ0) is 18.9. The van der Waals surface area contributed by atoms with E-state index in [9.17, 15) is 9.59 Å².